The fourth-order valence-corrected chi connectivity index (χ4v) is 2.65. The minimum atomic E-state index is -0.850. The Morgan fingerprint density at radius 3 is 2.76 bits per heavy atom. The largest absolute Gasteiger partial charge is 0.289 e. The Kier molecular flexibility index (Phi) is 5.35. The molecule has 0 unspecified atom stereocenters. The highest BCUT2D eigenvalue weighted by Gasteiger charge is 2.07. The molecular formula is C14H14F2N2O2S. The molecule has 1 aromatic heterocycles. The number of nitrogens with zero attached hydrogens (tertiary/aromatic N) is 1. The first-order valence-corrected chi connectivity index (χ1v) is 7.26. The van der Waals surface area contributed by atoms with Gasteiger partial charge in [-0.05, 0) is 30.5 Å². The molecule has 2 aromatic rings. The van der Waals surface area contributed by atoms with E-state index in [9.17, 15) is 13.6 Å². The molecule has 21 heavy (non-hydrogen) atoms. The van der Waals surface area contributed by atoms with Gasteiger partial charge in [-0.2, -0.15) is 0 Å². The number of thiazole rings is 1. The second-order valence-electron chi connectivity index (χ2n) is 4.52. The van der Waals surface area contributed by atoms with Crippen molar-refractivity contribution in [2.45, 2.75) is 25.7 Å². The van der Waals surface area contributed by atoms with Gasteiger partial charge in [0, 0.05) is 18.2 Å². The standard InChI is InChI=1S/C14H14F2N2O2S/c15-11-4-1-9(7-12(11)16)2-6-14-17-10(8-21-14)3-5-13(19)18-20/h1,4,7-8,20H,2-3,5-6H2,(H,18,19). The van der Waals surface area contributed by atoms with E-state index in [0.29, 0.717) is 24.8 Å². The molecule has 112 valence electrons. The van der Waals surface area contributed by atoms with E-state index in [2.05, 4.69) is 4.98 Å². The maximum absolute atomic E-state index is 13.1. The van der Waals surface area contributed by atoms with Crippen molar-refractivity contribution < 1.29 is 18.8 Å². The lowest BCUT2D eigenvalue weighted by Gasteiger charge is -2.00. The zero-order valence-corrected chi connectivity index (χ0v) is 11.9. The summed E-state index contributed by atoms with van der Waals surface area (Å²) in [5.74, 6) is -2.15. The molecule has 1 aromatic carbocycles. The molecular weight excluding hydrogens is 298 g/mol. The molecule has 0 saturated carbocycles. The zero-order valence-electron chi connectivity index (χ0n) is 11.1. The van der Waals surface area contributed by atoms with Crippen LogP contribution in [0.3, 0.4) is 0 Å². The quantitative estimate of drug-likeness (QED) is 0.637. The lowest BCUT2D eigenvalue weighted by Crippen LogP contribution is -2.18. The average molecular weight is 312 g/mol. The van der Waals surface area contributed by atoms with E-state index >= 15 is 0 Å². The molecule has 2 N–H and O–H groups in total. The third kappa shape index (κ3) is 4.57. The molecule has 0 spiro atoms. The van der Waals surface area contributed by atoms with Crippen molar-refractivity contribution in [3.05, 3.63) is 51.5 Å². The van der Waals surface area contributed by atoms with Gasteiger partial charge in [0.25, 0.3) is 0 Å². The van der Waals surface area contributed by atoms with E-state index in [1.54, 1.807) is 11.5 Å². The number of halogens is 2. The number of amides is 1. The molecule has 0 atom stereocenters. The van der Waals surface area contributed by atoms with Gasteiger partial charge in [-0.1, -0.05) is 6.07 Å². The van der Waals surface area contributed by atoms with Crippen LogP contribution in [0.5, 0.6) is 0 Å². The highest BCUT2D eigenvalue weighted by Crippen LogP contribution is 2.15. The zero-order chi connectivity index (χ0) is 15.2. The van der Waals surface area contributed by atoms with Gasteiger partial charge >= 0.3 is 0 Å². The molecule has 0 bridgehead atoms. The Bertz CT molecular complexity index is 631. The molecule has 0 aliphatic rings. The number of hydrogen-bond acceptors (Lipinski definition) is 4. The first-order chi connectivity index (χ1) is 10.1. The number of aryl methyl sites for hydroxylation is 3. The van der Waals surface area contributed by atoms with Crippen molar-refractivity contribution in [1.29, 1.82) is 0 Å². The van der Waals surface area contributed by atoms with Crippen molar-refractivity contribution in [3.8, 4) is 0 Å². The maximum Gasteiger partial charge on any atom is 0.243 e. The number of carbonyl (C=O) groups excluding carboxylic acids is 1. The number of rotatable bonds is 6. The molecule has 4 nitrogen and oxygen atoms in total. The van der Waals surface area contributed by atoms with E-state index in [1.807, 2.05) is 5.38 Å². The third-order valence-corrected chi connectivity index (χ3v) is 3.90. The summed E-state index contributed by atoms with van der Waals surface area (Å²) in [6.07, 6.45) is 1.82. The summed E-state index contributed by atoms with van der Waals surface area (Å²) in [7, 11) is 0. The first kappa shape index (κ1) is 15.5. The summed E-state index contributed by atoms with van der Waals surface area (Å²) < 4.78 is 25.9. The highest BCUT2D eigenvalue weighted by molar-refractivity contribution is 7.09. The number of benzene rings is 1. The SMILES string of the molecule is O=C(CCc1csc(CCc2ccc(F)c(F)c2)n1)NO. The van der Waals surface area contributed by atoms with Crippen molar-refractivity contribution >= 4 is 17.2 Å². The molecule has 7 heteroatoms. The summed E-state index contributed by atoms with van der Waals surface area (Å²) in [5.41, 5.74) is 3.06. The van der Waals surface area contributed by atoms with Crippen LogP contribution in [-0.4, -0.2) is 16.1 Å². The van der Waals surface area contributed by atoms with Gasteiger partial charge in [0.2, 0.25) is 5.91 Å². The highest BCUT2D eigenvalue weighted by atomic mass is 32.1. The van der Waals surface area contributed by atoms with Gasteiger partial charge in [-0.25, -0.2) is 19.2 Å². The Morgan fingerprint density at radius 2 is 2.05 bits per heavy atom. The van der Waals surface area contributed by atoms with Crippen molar-refractivity contribution in [3.63, 3.8) is 0 Å². The summed E-state index contributed by atoms with van der Waals surface area (Å²) in [5, 5.41) is 11.1. The van der Waals surface area contributed by atoms with E-state index in [0.717, 1.165) is 16.8 Å². The molecule has 0 aliphatic heterocycles. The third-order valence-electron chi connectivity index (χ3n) is 2.94. The van der Waals surface area contributed by atoms with Crippen LogP contribution in [0, 0.1) is 11.6 Å². The fourth-order valence-electron chi connectivity index (χ4n) is 1.82. The van der Waals surface area contributed by atoms with Crippen LogP contribution >= 0.6 is 11.3 Å². The van der Waals surface area contributed by atoms with Crippen LogP contribution in [0.15, 0.2) is 23.6 Å². The van der Waals surface area contributed by atoms with Gasteiger partial charge in [0.1, 0.15) is 0 Å². The van der Waals surface area contributed by atoms with E-state index in [4.69, 9.17) is 5.21 Å². The summed E-state index contributed by atoms with van der Waals surface area (Å²) in [6.45, 7) is 0. The number of nitrogens with one attached hydrogen (secondary N) is 1. The predicted molar refractivity (Wildman–Crippen MR) is 74.1 cm³/mol. The van der Waals surface area contributed by atoms with Crippen molar-refractivity contribution in [2.75, 3.05) is 0 Å². The second kappa shape index (κ2) is 7.24. The Balaban J connectivity index is 1.87. The molecule has 0 radical (unpaired) electrons. The summed E-state index contributed by atoms with van der Waals surface area (Å²) in [6, 6.07) is 3.86. The van der Waals surface area contributed by atoms with Crippen molar-refractivity contribution in [2.24, 2.45) is 0 Å². The number of aromatic nitrogens is 1. The van der Waals surface area contributed by atoms with E-state index < -0.39 is 17.5 Å². The lowest BCUT2D eigenvalue weighted by molar-refractivity contribution is -0.129. The summed E-state index contributed by atoms with van der Waals surface area (Å²) in [4.78, 5) is 15.3. The van der Waals surface area contributed by atoms with Crippen LogP contribution in [0.1, 0.15) is 22.7 Å². The smallest absolute Gasteiger partial charge is 0.243 e. The van der Waals surface area contributed by atoms with Gasteiger partial charge in [0.15, 0.2) is 11.6 Å². The molecule has 0 saturated heterocycles. The topological polar surface area (TPSA) is 62.2 Å². The lowest BCUT2D eigenvalue weighted by atomic mass is 10.1. The van der Waals surface area contributed by atoms with Crippen LogP contribution < -0.4 is 5.48 Å². The minimum absolute atomic E-state index is 0.169. The Morgan fingerprint density at radius 1 is 1.24 bits per heavy atom. The molecule has 0 aliphatic carbocycles. The van der Waals surface area contributed by atoms with E-state index in [1.165, 1.54) is 17.4 Å². The number of hydrogen-bond donors (Lipinski definition) is 2. The second-order valence-corrected chi connectivity index (χ2v) is 5.46. The van der Waals surface area contributed by atoms with Crippen LogP contribution in [0.4, 0.5) is 8.78 Å². The van der Waals surface area contributed by atoms with Gasteiger partial charge < -0.3 is 0 Å². The average Bonchev–Trinajstić information content (AvgIpc) is 2.94. The maximum atomic E-state index is 13.1. The monoisotopic (exact) mass is 312 g/mol. The van der Waals surface area contributed by atoms with Gasteiger partial charge in [0.05, 0.1) is 10.7 Å². The predicted octanol–water partition coefficient (Wildman–Crippen LogP) is 2.64. The normalized spacial score (nSPS) is 10.6. The fraction of sp³-hybridized carbons (Fsp3) is 0.286. The Hall–Kier alpha value is -1.86. The number of carbonyl (C=O) groups is 1. The number of hydroxylamine groups is 1. The first-order valence-electron chi connectivity index (χ1n) is 6.38. The van der Waals surface area contributed by atoms with Gasteiger partial charge in [-0.15, -0.1) is 11.3 Å². The molecule has 1 heterocycles. The van der Waals surface area contributed by atoms with Crippen LogP contribution in [-0.2, 0) is 24.1 Å². The molecule has 1 amide bonds. The molecule has 0 fully saturated rings. The van der Waals surface area contributed by atoms with E-state index in [-0.39, 0.29) is 6.42 Å². The minimum Gasteiger partial charge on any atom is -0.289 e. The summed E-state index contributed by atoms with van der Waals surface area (Å²) >= 11 is 1.46. The molecule has 2 rings (SSSR count). The van der Waals surface area contributed by atoms with Gasteiger partial charge in [-0.3, -0.25) is 10.0 Å². The van der Waals surface area contributed by atoms with Crippen LogP contribution in [0.25, 0.3) is 0 Å². The van der Waals surface area contributed by atoms with Crippen molar-refractivity contribution in [1.82, 2.24) is 10.5 Å². The van der Waals surface area contributed by atoms with Crippen LogP contribution in [0.2, 0.25) is 0 Å². The Labute approximate surface area is 124 Å².